The number of rotatable bonds is 9. The van der Waals surface area contributed by atoms with Gasteiger partial charge in [0.05, 0.1) is 6.61 Å². The fourth-order valence-corrected chi connectivity index (χ4v) is 2.57. The zero-order chi connectivity index (χ0) is 17.0. The number of unbranched alkanes of at least 4 members (excludes halogenated alkanes) is 2. The van der Waals surface area contributed by atoms with E-state index in [-0.39, 0.29) is 0 Å². The minimum absolute atomic E-state index is 0.367. The molecule has 3 nitrogen and oxygen atoms in total. The number of carbonyl (C=O) groups excluding carboxylic acids is 1. The summed E-state index contributed by atoms with van der Waals surface area (Å²) in [5, 5.41) is 0. The van der Waals surface area contributed by atoms with Gasteiger partial charge < -0.3 is 9.47 Å². The molecular formula is C21H26O3. The van der Waals surface area contributed by atoms with Crippen LogP contribution in [0.15, 0.2) is 54.6 Å². The molecule has 0 saturated heterocycles. The van der Waals surface area contributed by atoms with Crippen LogP contribution in [0, 0.1) is 0 Å². The van der Waals surface area contributed by atoms with Crippen molar-refractivity contribution in [3.05, 3.63) is 65.7 Å². The fourth-order valence-electron chi connectivity index (χ4n) is 2.57. The summed E-state index contributed by atoms with van der Waals surface area (Å²) < 4.78 is 10.2. The van der Waals surface area contributed by atoms with Gasteiger partial charge in [-0.05, 0) is 48.9 Å². The largest absolute Gasteiger partial charge is 0.513 e. The van der Waals surface area contributed by atoms with Crippen molar-refractivity contribution in [3.8, 4) is 5.75 Å². The van der Waals surface area contributed by atoms with E-state index in [4.69, 9.17) is 9.47 Å². The number of para-hydroxylation sites is 1. The van der Waals surface area contributed by atoms with Crippen molar-refractivity contribution in [1.82, 2.24) is 0 Å². The van der Waals surface area contributed by atoms with Gasteiger partial charge in [-0.3, -0.25) is 0 Å². The molecule has 0 amide bonds. The Kier molecular flexibility index (Phi) is 7.88. The van der Waals surface area contributed by atoms with Crippen molar-refractivity contribution >= 4 is 6.16 Å². The van der Waals surface area contributed by atoms with Gasteiger partial charge in [0, 0.05) is 0 Å². The van der Waals surface area contributed by atoms with Crippen LogP contribution in [0.3, 0.4) is 0 Å². The minimum atomic E-state index is -0.644. The summed E-state index contributed by atoms with van der Waals surface area (Å²) in [5.41, 5.74) is 2.69. The first-order valence-electron chi connectivity index (χ1n) is 8.75. The first kappa shape index (κ1) is 18.1. The van der Waals surface area contributed by atoms with Gasteiger partial charge in [-0.25, -0.2) is 4.79 Å². The van der Waals surface area contributed by atoms with E-state index in [0.717, 1.165) is 19.3 Å². The lowest BCUT2D eigenvalue weighted by molar-refractivity contribution is 0.0981. The van der Waals surface area contributed by atoms with E-state index in [1.807, 2.05) is 18.2 Å². The second-order valence-electron chi connectivity index (χ2n) is 5.89. The topological polar surface area (TPSA) is 35.5 Å². The van der Waals surface area contributed by atoms with Crippen molar-refractivity contribution in [2.45, 2.75) is 45.4 Å². The lowest BCUT2D eigenvalue weighted by atomic mass is 10.0. The Bertz CT molecular complexity index is 607. The van der Waals surface area contributed by atoms with Crippen LogP contribution in [-0.2, 0) is 17.6 Å². The number of ether oxygens (including phenoxy) is 2. The van der Waals surface area contributed by atoms with Gasteiger partial charge in [0.1, 0.15) is 5.75 Å². The number of hydrogen-bond acceptors (Lipinski definition) is 3. The highest BCUT2D eigenvalue weighted by molar-refractivity contribution is 5.63. The molecule has 128 valence electrons. The summed E-state index contributed by atoms with van der Waals surface area (Å²) in [5.74, 6) is 0.502. The molecule has 0 aliphatic rings. The molecule has 24 heavy (non-hydrogen) atoms. The number of carbonyl (C=O) groups is 1. The van der Waals surface area contributed by atoms with E-state index in [1.54, 1.807) is 12.1 Å². The van der Waals surface area contributed by atoms with E-state index in [9.17, 15) is 4.79 Å². The lowest BCUT2D eigenvalue weighted by Crippen LogP contribution is -2.11. The maximum absolute atomic E-state index is 11.6. The quantitative estimate of drug-likeness (QED) is 0.343. The molecule has 3 heteroatoms. The highest BCUT2D eigenvalue weighted by Crippen LogP contribution is 2.12. The molecule has 0 spiro atoms. The van der Waals surface area contributed by atoms with Crippen LogP contribution in [0.2, 0.25) is 0 Å². The summed E-state index contributed by atoms with van der Waals surface area (Å²) in [6.45, 7) is 2.59. The van der Waals surface area contributed by atoms with Crippen molar-refractivity contribution in [3.63, 3.8) is 0 Å². The van der Waals surface area contributed by atoms with Crippen LogP contribution in [0.5, 0.6) is 5.75 Å². The van der Waals surface area contributed by atoms with Gasteiger partial charge in [-0.15, -0.1) is 0 Å². The number of aryl methyl sites for hydroxylation is 2. The van der Waals surface area contributed by atoms with Gasteiger partial charge in [-0.2, -0.15) is 0 Å². The molecule has 2 aromatic rings. The molecule has 0 aliphatic heterocycles. The molecule has 2 rings (SSSR count). The van der Waals surface area contributed by atoms with Crippen LogP contribution < -0.4 is 4.74 Å². The zero-order valence-corrected chi connectivity index (χ0v) is 14.4. The third kappa shape index (κ3) is 6.86. The molecule has 0 bridgehead atoms. The smallest absolute Gasteiger partial charge is 0.434 e. The Morgan fingerprint density at radius 1 is 0.875 bits per heavy atom. The monoisotopic (exact) mass is 326 g/mol. The highest BCUT2D eigenvalue weighted by atomic mass is 16.7. The molecule has 0 aliphatic carbocycles. The number of hydrogen-bond donors (Lipinski definition) is 0. The van der Waals surface area contributed by atoms with Gasteiger partial charge in [0.25, 0.3) is 0 Å². The average molecular weight is 326 g/mol. The van der Waals surface area contributed by atoms with Crippen LogP contribution in [0.1, 0.15) is 43.7 Å². The third-order valence-electron chi connectivity index (χ3n) is 3.83. The first-order chi connectivity index (χ1) is 11.8. The molecule has 0 unspecified atom stereocenters. The molecule has 0 fully saturated rings. The van der Waals surface area contributed by atoms with Gasteiger partial charge in [-0.1, -0.05) is 62.2 Å². The molecule has 0 N–H and O–H groups in total. The Labute approximate surface area is 144 Å². The minimum Gasteiger partial charge on any atom is -0.434 e. The van der Waals surface area contributed by atoms with Crippen LogP contribution in [-0.4, -0.2) is 12.8 Å². The Balaban J connectivity index is 1.66. The second-order valence-corrected chi connectivity index (χ2v) is 5.89. The van der Waals surface area contributed by atoms with Crippen molar-refractivity contribution in [2.24, 2.45) is 0 Å². The Morgan fingerprint density at radius 2 is 1.58 bits per heavy atom. The summed E-state index contributed by atoms with van der Waals surface area (Å²) in [6, 6.07) is 17.6. The normalized spacial score (nSPS) is 10.4. The molecule has 0 heterocycles. The van der Waals surface area contributed by atoms with E-state index >= 15 is 0 Å². The van der Waals surface area contributed by atoms with E-state index in [1.165, 1.54) is 30.4 Å². The Hall–Kier alpha value is -2.29. The summed E-state index contributed by atoms with van der Waals surface area (Å²) in [6.07, 6.45) is 5.96. The standard InChI is InChI=1S/C21H26O3/c1-2-3-5-10-18-11-8-12-19(17-18)13-9-16-23-21(22)24-20-14-6-4-7-15-20/h4,6-8,11-12,14-15,17H,2-3,5,9-10,13,16H2,1H3. The van der Waals surface area contributed by atoms with Crippen LogP contribution >= 0.6 is 0 Å². The van der Waals surface area contributed by atoms with Gasteiger partial charge in [0.2, 0.25) is 0 Å². The molecular weight excluding hydrogens is 300 g/mol. The van der Waals surface area contributed by atoms with Crippen molar-refractivity contribution < 1.29 is 14.3 Å². The van der Waals surface area contributed by atoms with E-state index < -0.39 is 6.16 Å². The maximum Gasteiger partial charge on any atom is 0.513 e. The van der Waals surface area contributed by atoms with Crippen molar-refractivity contribution in [2.75, 3.05) is 6.61 Å². The molecule has 0 atom stereocenters. The van der Waals surface area contributed by atoms with Crippen LogP contribution in [0.4, 0.5) is 4.79 Å². The summed E-state index contributed by atoms with van der Waals surface area (Å²) in [7, 11) is 0. The van der Waals surface area contributed by atoms with Crippen molar-refractivity contribution in [1.29, 1.82) is 0 Å². The highest BCUT2D eigenvalue weighted by Gasteiger charge is 2.05. The second kappa shape index (κ2) is 10.5. The lowest BCUT2D eigenvalue weighted by Gasteiger charge is -2.07. The average Bonchev–Trinajstić information content (AvgIpc) is 2.60. The van der Waals surface area contributed by atoms with E-state index in [2.05, 4.69) is 31.2 Å². The first-order valence-corrected chi connectivity index (χ1v) is 8.75. The van der Waals surface area contributed by atoms with Gasteiger partial charge >= 0.3 is 6.16 Å². The predicted octanol–water partition coefficient (Wildman–Crippen LogP) is 5.57. The molecule has 0 aromatic heterocycles. The maximum atomic E-state index is 11.6. The molecule has 2 aromatic carbocycles. The third-order valence-corrected chi connectivity index (χ3v) is 3.83. The molecule has 0 saturated carbocycles. The molecule has 0 radical (unpaired) electrons. The summed E-state index contributed by atoms with van der Waals surface area (Å²) >= 11 is 0. The SMILES string of the molecule is CCCCCc1cccc(CCCOC(=O)Oc2ccccc2)c1. The predicted molar refractivity (Wildman–Crippen MR) is 96.4 cm³/mol. The number of benzene rings is 2. The fraction of sp³-hybridized carbons (Fsp3) is 0.381. The van der Waals surface area contributed by atoms with Crippen LogP contribution in [0.25, 0.3) is 0 Å². The summed E-state index contributed by atoms with van der Waals surface area (Å²) in [4.78, 5) is 11.6. The van der Waals surface area contributed by atoms with E-state index in [0.29, 0.717) is 12.4 Å². The Morgan fingerprint density at radius 3 is 2.29 bits per heavy atom. The zero-order valence-electron chi connectivity index (χ0n) is 14.4. The van der Waals surface area contributed by atoms with Gasteiger partial charge in [0.15, 0.2) is 0 Å².